The smallest absolute Gasteiger partial charge is 0.228 e. The summed E-state index contributed by atoms with van der Waals surface area (Å²) in [5.41, 5.74) is 0. The highest BCUT2D eigenvalue weighted by Gasteiger charge is 2.53. The van der Waals surface area contributed by atoms with Crippen molar-refractivity contribution in [3.05, 3.63) is 0 Å². The van der Waals surface area contributed by atoms with Crippen molar-refractivity contribution >= 4 is 31.8 Å². The van der Waals surface area contributed by atoms with E-state index in [1.807, 2.05) is 6.92 Å². The Morgan fingerprint density at radius 2 is 1.92 bits per heavy atom. The van der Waals surface area contributed by atoms with Crippen molar-refractivity contribution < 1.29 is 18.8 Å². The third-order valence-electron chi connectivity index (χ3n) is 5.68. The van der Waals surface area contributed by atoms with Gasteiger partial charge in [0.1, 0.15) is 6.10 Å². The lowest BCUT2D eigenvalue weighted by molar-refractivity contribution is -0.142. The van der Waals surface area contributed by atoms with Crippen LogP contribution in [0.15, 0.2) is 0 Å². The van der Waals surface area contributed by atoms with Gasteiger partial charge < -0.3 is 14.5 Å². The number of carbonyl (C=O) groups excluding carboxylic acids is 2. The van der Waals surface area contributed by atoms with Crippen molar-refractivity contribution in [3.8, 4) is 0 Å². The number of methoxy groups -OCH3 is 1. The zero-order chi connectivity index (χ0) is 18.3. The first-order valence-electron chi connectivity index (χ1n) is 8.66. The Kier molecular flexibility index (Phi) is 5.89. The largest absolute Gasteiger partial charge is 0.413 e. The minimum absolute atomic E-state index is 0.000788. The van der Waals surface area contributed by atoms with Gasteiger partial charge in [0.15, 0.2) is 14.1 Å². The lowest BCUT2D eigenvalue weighted by atomic mass is 9.82. The van der Waals surface area contributed by atoms with Gasteiger partial charge in [-0.15, -0.1) is 11.8 Å². The van der Waals surface area contributed by atoms with Crippen LogP contribution in [0.25, 0.3) is 0 Å². The maximum Gasteiger partial charge on any atom is 0.228 e. The summed E-state index contributed by atoms with van der Waals surface area (Å²) in [6, 6.07) is -0.146. The second-order valence-electron chi connectivity index (χ2n) is 8.35. The van der Waals surface area contributed by atoms with Crippen molar-refractivity contribution in [2.45, 2.75) is 75.7 Å². The number of thioether (sulfide) groups is 1. The van der Waals surface area contributed by atoms with E-state index in [1.165, 1.54) is 0 Å². The Labute approximate surface area is 150 Å². The summed E-state index contributed by atoms with van der Waals surface area (Å²) in [7, 11) is -0.377. The van der Waals surface area contributed by atoms with E-state index in [0.29, 0.717) is 0 Å². The molecule has 2 heterocycles. The van der Waals surface area contributed by atoms with Crippen LogP contribution in [0, 0.1) is 5.92 Å². The van der Waals surface area contributed by atoms with Crippen LogP contribution >= 0.6 is 11.8 Å². The first-order valence-corrected chi connectivity index (χ1v) is 12.6. The topological polar surface area (TPSA) is 64.6 Å². The number of ether oxygens (including phenoxy) is 1. The molecule has 5 atom stereocenters. The monoisotopic (exact) mass is 373 g/mol. The average Bonchev–Trinajstić information content (AvgIpc) is 2.43. The van der Waals surface area contributed by atoms with Crippen LogP contribution in [0.5, 0.6) is 0 Å². The SMILES string of the molecule is CO[C@H]1CCS[C@H]([C@H]2NC(=O)[C@@H]2[C@@H](C)O[Si](C)(C)C(C)(C)C)C1=O. The van der Waals surface area contributed by atoms with Crippen molar-refractivity contribution in [1.82, 2.24) is 5.32 Å². The number of β-lactam (4-membered cyclic amide) rings is 1. The van der Waals surface area contributed by atoms with Crippen molar-refractivity contribution in [1.29, 1.82) is 0 Å². The zero-order valence-corrected chi connectivity index (χ0v) is 17.7. The molecule has 0 unspecified atom stereocenters. The standard InChI is InChI=1S/C17H31NO4SSi/c1-10(22-24(6,7)17(2,3)4)12-13(18-16(12)20)15-14(19)11(21-5)8-9-23-15/h10-13,15H,8-9H2,1-7H3,(H,18,20)/t10-,11+,12-,13+,15-/m1/s1. The summed E-state index contributed by atoms with van der Waals surface area (Å²) in [6.07, 6.45) is 0.227. The number of nitrogens with one attached hydrogen (secondary N) is 1. The summed E-state index contributed by atoms with van der Waals surface area (Å²) in [6.45, 7) is 12.9. The number of rotatable bonds is 5. The molecule has 5 nitrogen and oxygen atoms in total. The van der Waals surface area contributed by atoms with E-state index in [0.717, 1.165) is 12.2 Å². The molecule has 2 fully saturated rings. The first-order chi connectivity index (χ1) is 11.0. The van der Waals surface area contributed by atoms with Gasteiger partial charge >= 0.3 is 0 Å². The van der Waals surface area contributed by atoms with Gasteiger partial charge in [-0.3, -0.25) is 9.59 Å². The van der Waals surface area contributed by atoms with Gasteiger partial charge in [-0.25, -0.2) is 0 Å². The van der Waals surface area contributed by atoms with E-state index in [2.05, 4.69) is 39.2 Å². The van der Waals surface area contributed by atoms with Crippen LogP contribution in [0.1, 0.15) is 34.1 Å². The summed E-state index contributed by atoms with van der Waals surface area (Å²) in [5, 5.41) is 2.81. The van der Waals surface area contributed by atoms with E-state index in [-0.39, 0.29) is 46.1 Å². The number of Topliss-reactive ketones (excluding diaryl/α,β-unsaturated/α-hetero) is 1. The number of ketones is 1. The average molecular weight is 374 g/mol. The van der Waals surface area contributed by atoms with E-state index < -0.39 is 8.32 Å². The van der Waals surface area contributed by atoms with Gasteiger partial charge in [-0.2, -0.15) is 0 Å². The number of hydrogen-bond acceptors (Lipinski definition) is 5. The highest BCUT2D eigenvalue weighted by molar-refractivity contribution is 8.00. The van der Waals surface area contributed by atoms with Crippen LogP contribution in [-0.2, 0) is 18.8 Å². The maximum absolute atomic E-state index is 12.6. The molecule has 2 saturated heterocycles. The maximum atomic E-state index is 12.6. The Bertz CT molecular complexity index is 505. The molecule has 0 aliphatic carbocycles. The Balaban J connectivity index is 2.09. The lowest BCUT2D eigenvalue weighted by Gasteiger charge is -2.48. The molecule has 7 heteroatoms. The van der Waals surface area contributed by atoms with E-state index in [1.54, 1.807) is 18.9 Å². The number of amides is 1. The highest BCUT2D eigenvalue weighted by atomic mass is 32.2. The normalized spacial score (nSPS) is 33.0. The minimum atomic E-state index is -1.96. The molecule has 2 rings (SSSR count). The first kappa shape index (κ1) is 19.9. The summed E-state index contributed by atoms with van der Waals surface area (Å²) < 4.78 is 11.7. The van der Waals surface area contributed by atoms with Crippen LogP contribution in [0.2, 0.25) is 18.1 Å². The third-order valence-corrected chi connectivity index (χ3v) is 11.6. The zero-order valence-electron chi connectivity index (χ0n) is 15.8. The van der Waals surface area contributed by atoms with Crippen molar-refractivity contribution in [2.24, 2.45) is 5.92 Å². The van der Waals surface area contributed by atoms with E-state index in [4.69, 9.17) is 9.16 Å². The fourth-order valence-electron chi connectivity index (χ4n) is 3.13. The van der Waals surface area contributed by atoms with E-state index >= 15 is 0 Å². The molecule has 0 bridgehead atoms. The molecule has 2 aliphatic rings. The predicted octanol–water partition coefficient (Wildman–Crippen LogP) is 2.60. The van der Waals surface area contributed by atoms with Crippen LogP contribution in [0.4, 0.5) is 0 Å². The molecule has 0 spiro atoms. The summed E-state index contributed by atoms with van der Waals surface area (Å²) in [5.74, 6) is 0.726. The predicted molar refractivity (Wildman–Crippen MR) is 99.8 cm³/mol. The molecule has 1 N–H and O–H groups in total. The molecule has 0 radical (unpaired) electrons. The highest BCUT2D eigenvalue weighted by Crippen LogP contribution is 2.40. The summed E-state index contributed by atoms with van der Waals surface area (Å²) in [4.78, 5) is 24.8. The van der Waals surface area contributed by atoms with Crippen LogP contribution in [0.3, 0.4) is 0 Å². The molecule has 0 aromatic rings. The summed E-state index contributed by atoms with van der Waals surface area (Å²) >= 11 is 1.63. The fraction of sp³-hybridized carbons (Fsp3) is 0.882. The van der Waals surface area contributed by atoms with Gasteiger partial charge in [-0.05, 0) is 37.2 Å². The molecule has 1 amide bonds. The van der Waals surface area contributed by atoms with Crippen LogP contribution in [-0.4, -0.2) is 56.4 Å². The van der Waals surface area contributed by atoms with Crippen molar-refractivity contribution in [3.63, 3.8) is 0 Å². The Hall–Kier alpha value is -0.373. The minimum Gasteiger partial charge on any atom is -0.413 e. The van der Waals surface area contributed by atoms with Crippen molar-refractivity contribution in [2.75, 3.05) is 12.9 Å². The molecular formula is C17H31NO4SSi. The van der Waals surface area contributed by atoms with E-state index in [9.17, 15) is 9.59 Å². The van der Waals surface area contributed by atoms with Gasteiger partial charge in [-0.1, -0.05) is 20.8 Å². The van der Waals surface area contributed by atoms with Gasteiger partial charge in [0, 0.05) is 7.11 Å². The molecule has 0 aromatic carbocycles. The van der Waals surface area contributed by atoms with Gasteiger partial charge in [0.2, 0.25) is 5.91 Å². The number of hydrogen-bond donors (Lipinski definition) is 1. The molecular weight excluding hydrogens is 342 g/mol. The van der Waals surface area contributed by atoms with Gasteiger partial charge in [0.25, 0.3) is 0 Å². The fourth-order valence-corrected chi connectivity index (χ4v) is 5.92. The quantitative estimate of drug-likeness (QED) is 0.593. The van der Waals surface area contributed by atoms with Crippen LogP contribution < -0.4 is 5.32 Å². The molecule has 0 aromatic heterocycles. The van der Waals surface area contributed by atoms with Gasteiger partial charge in [0.05, 0.1) is 23.3 Å². The number of carbonyl (C=O) groups is 2. The molecule has 2 aliphatic heterocycles. The molecule has 0 saturated carbocycles. The third kappa shape index (κ3) is 3.74. The molecule has 24 heavy (non-hydrogen) atoms. The second kappa shape index (κ2) is 7.09. The second-order valence-corrected chi connectivity index (χ2v) is 14.4. The Morgan fingerprint density at radius 3 is 2.42 bits per heavy atom. The Morgan fingerprint density at radius 1 is 1.29 bits per heavy atom. The molecule has 138 valence electrons. The lowest BCUT2D eigenvalue weighted by Crippen LogP contribution is -2.69.